The molecule has 1 fully saturated rings. The first kappa shape index (κ1) is 15.6. The molecule has 0 bridgehead atoms. The van der Waals surface area contributed by atoms with E-state index in [-0.39, 0.29) is 0 Å². The number of hydrogen-bond acceptors (Lipinski definition) is 2. The number of urea groups is 1. The molecule has 2 atom stereocenters. The van der Waals surface area contributed by atoms with E-state index < -0.39 is 42.7 Å². The molecule has 0 heterocycles. The molecule has 110 valence electrons. The minimum atomic E-state index is -4.46. The number of halogens is 3. The van der Waals surface area contributed by atoms with Crippen LogP contribution in [0.25, 0.3) is 0 Å². The van der Waals surface area contributed by atoms with Crippen LogP contribution in [0.5, 0.6) is 0 Å². The molecule has 1 aliphatic rings. The molecule has 0 aromatic rings. The summed E-state index contributed by atoms with van der Waals surface area (Å²) in [5.41, 5.74) is 0. The first-order chi connectivity index (χ1) is 8.61. The number of amides is 2. The SMILES string of the molecule is CC(NC(=O)N(CC(F)(F)F)C1CC1)C(C)C(=O)O. The lowest BCUT2D eigenvalue weighted by atomic mass is 10.0. The van der Waals surface area contributed by atoms with Crippen LogP contribution in [0.2, 0.25) is 0 Å². The molecule has 8 heteroatoms. The summed E-state index contributed by atoms with van der Waals surface area (Å²) >= 11 is 0. The summed E-state index contributed by atoms with van der Waals surface area (Å²) in [5, 5.41) is 11.1. The molecule has 0 aromatic heterocycles. The quantitative estimate of drug-likeness (QED) is 0.808. The minimum absolute atomic E-state index is 0.394. The van der Waals surface area contributed by atoms with E-state index in [0.717, 1.165) is 4.90 Å². The molecule has 1 saturated carbocycles. The average Bonchev–Trinajstić information content (AvgIpc) is 3.06. The molecule has 0 aliphatic heterocycles. The van der Waals surface area contributed by atoms with Crippen LogP contribution < -0.4 is 5.32 Å². The second-order valence-corrected chi connectivity index (χ2v) is 4.84. The first-order valence-electron chi connectivity index (χ1n) is 5.98. The van der Waals surface area contributed by atoms with Gasteiger partial charge in [0.25, 0.3) is 0 Å². The van der Waals surface area contributed by atoms with Crippen LogP contribution in [0.4, 0.5) is 18.0 Å². The Morgan fingerprint density at radius 2 is 1.89 bits per heavy atom. The highest BCUT2D eigenvalue weighted by Gasteiger charge is 2.41. The number of hydrogen-bond donors (Lipinski definition) is 2. The van der Waals surface area contributed by atoms with Crippen LogP contribution in [0.1, 0.15) is 26.7 Å². The summed E-state index contributed by atoms with van der Waals surface area (Å²) in [6.45, 7) is 1.53. The largest absolute Gasteiger partial charge is 0.481 e. The molecule has 2 unspecified atom stereocenters. The summed E-state index contributed by atoms with van der Waals surface area (Å²) < 4.78 is 37.1. The zero-order chi connectivity index (χ0) is 14.8. The van der Waals surface area contributed by atoms with Gasteiger partial charge in [-0.3, -0.25) is 4.79 Å². The highest BCUT2D eigenvalue weighted by molar-refractivity contribution is 5.77. The Morgan fingerprint density at radius 3 is 2.26 bits per heavy atom. The summed E-state index contributed by atoms with van der Waals surface area (Å²) in [4.78, 5) is 23.2. The molecular weight excluding hydrogens is 265 g/mol. The van der Waals surface area contributed by atoms with Gasteiger partial charge in [0.15, 0.2) is 0 Å². The topological polar surface area (TPSA) is 69.6 Å². The monoisotopic (exact) mass is 282 g/mol. The molecule has 19 heavy (non-hydrogen) atoms. The summed E-state index contributed by atoms with van der Waals surface area (Å²) in [7, 11) is 0. The van der Waals surface area contributed by atoms with Gasteiger partial charge in [-0.15, -0.1) is 0 Å². The van der Waals surface area contributed by atoms with Gasteiger partial charge in [0.1, 0.15) is 6.54 Å². The first-order valence-corrected chi connectivity index (χ1v) is 5.98. The van der Waals surface area contributed by atoms with Crippen molar-refractivity contribution < 1.29 is 27.9 Å². The molecule has 2 amide bonds. The highest BCUT2D eigenvalue weighted by atomic mass is 19.4. The normalized spacial score (nSPS) is 18.6. The van der Waals surface area contributed by atoms with Gasteiger partial charge in [-0.1, -0.05) is 0 Å². The van der Waals surface area contributed by atoms with Crippen molar-refractivity contribution in [3.05, 3.63) is 0 Å². The number of nitrogens with zero attached hydrogens (tertiary/aromatic N) is 1. The summed E-state index contributed by atoms with van der Waals surface area (Å²) in [6, 6.07) is -1.99. The summed E-state index contributed by atoms with van der Waals surface area (Å²) in [5.74, 6) is -1.97. The molecule has 1 rings (SSSR count). The van der Waals surface area contributed by atoms with Crippen LogP contribution in [-0.4, -0.2) is 46.8 Å². The maximum Gasteiger partial charge on any atom is 0.406 e. The van der Waals surface area contributed by atoms with Crippen molar-refractivity contribution in [2.45, 2.75) is 44.9 Å². The lowest BCUT2D eigenvalue weighted by molar-refractivity contribution is -0.143. The molecule has 0 aromatic carbocycles. The number of nitrogens with one attached hydrogen (secondary N) is 1. The fourth-order valence-corrected chi connectivity index (χ4v) is 1.56. The Morgan fingerprint density at radius 1 is 1.37 bits per heavy atom. The van der Waals surface area contributed by atoms with Crippen LogP contribution in [-0.2, 0) is 4.79 Å². The van der Waals surface area contributed by atoms with Gasteiger partial charge in [-0.2, -0.15) is 13.2 Å². The maximum atomic E-state index is 12.4. The standard InChI is InChI=1S/C11H17F3N2O3/c1-6(9(17)18)7(2)15-10(19)16(8-3-4-8)5-11(12,13)14/h6-8H,3-5H2,1-2H3,(H,15,19)(H,17,18). The predicted molar refractivity (Wildman–Crippen MR) is 60.6 cm³/mol. The molecule has 1 aliphatic carbocycles. The summed E-state index contributed by atoms with van der Waals surface area (Å²) in [6.07, 6.45) is -3.36. The second kappa shape index (κ2) is 5.66. The van der Waals surface area contributed by atoms with Gasteiger partial charge in [0, 0.05) is 12.1 Å². The maximum absolute atomic E-state index is 12.4. The van der Waals surface area contributed by atoms with Crippen molar-refractivity contribution in [1.82, 2.24) is 10.2 Å². The second-order valence-electron chi connectivity index (χ2n) is 4.84. The molecule has 2 N–H and O–H groups in total. The van der Waals surface area contributed by atoms with Crippen molar-refractivity contribution in [3.63, 3.8) is 0 Å². The number of carbonyl (C=O) groups excluding carboxylic acids is 1. The van der Waals surface area contributed by atoms with Crippen LogP contribution >= 0.6 is 0 Å². The number of aliphatic carboxylic acids is 1. The van der Waals surface area contributed by atoms with Gasteiger partial charge < -0.3 is 15.3 Å². The van der Waals surface area contributed by atoms with Gasteiger partial charge in [0.05, 0.1) is 5.92 Å². The fourth-order valence-electron chi connectivity index (χ4n) is 1.56. The fraction of sp³-hybridized carbons (Fsp3) is 0.818. The van der Waals surface area contributed by atoms with Crippen LogP contribution in [0.3, 0.4) is 0 Å². The number of carbonyl (C=O) groups is 2. The molecule has 0 saturated heterocycles. The smallest absolute Gasteiger partial charge is 0.406 e. The van der Waals surface area contributed by atoms with Gasteiger partial charge >= 0.3 is 18.2 Å². The number of alkyl halides is 3. The van der Waals surface area contributed by atoms with E-state index >= 15 is 0 Å². The highest BCUT2D eigenvalue weighted by Crippen LogP contribution is 2.30. The predicted octanol–water partition coefficient (Wildman–Crippen LogP) is 1.83. The number of carboxylic acid groups (broad SMARTS) is 1. The Kier molecular flexibility index (Phi) is 4.65. The Balaban J connectivity index is 2.60. The molecule has 0 spiro atoms. The van der Waals surface area contributed by atoms with Crippen molar-refractivity contribution >= 4 is 12.0 Å². The van der Waals surface area contributed by atoms with E-state index in [1.54, 1.807) is 0 Å². The van der Waals surface area contributed by atoms with Crippen LogP contribution in [0, 0.1) is 5.92 Å². The number of rotatable bonds is 5. The van der Waals surface area contributed by atoms with Crippen molar-refractivity contribution in [3.8, 4) is 0 Å². The van der Waals surface area contributed by atoms with E-state index in [1.807, 2.05) is 0 Å². The Bertz CT molecular complexity index is 356. The van der Waals surface area contributed by atoms with Crippen molar-refractivity contribution in [2.75, 3.05) is 6.54 Å². The average molecular weight is 282 g/mol. The van der Waals surface area contributed by atoms with E-state index in [4.69, 9.17) is 5.11 Å². The Labute approximate surface area is 108 Å². The van der Waals surface area contributed by atoms with E-state index in [1.165, 1.54) is 13.8 Å². The molecule has 5 nitrogen and oxygen atoms in total. The third-order valence-electron chi connectivity index (χ3n) is 3.09. The zero-order valence-electron chi connectivity index (χ0n) is 10.7. The van der Waals surface area contributed by atoms with Crippen LogP contribution in [0.15, 0.2) is 0 Å². The Hall–Kier alpha value is -1.47. The number of carboxylic acids is 1. The van der Waals surface area contributed by atoms with Gasteiger partial charge in [0.2, 0.25) is 0 Å². The third kappa shape index (κ3) is 4.96. The van der Waals surface area contributed by atoms with E-state index in [9.17, 15) is 22.8 Å². The molecule has 0 radical (unpaired) electrons. The van der Waals surface area contributed by atoms with Gasteiger partial charge in [-0.05, 0) is 26.7 Å². The zero-order valence-corrected chi connectivity index (χ0v) is 10.7. The van der Waals surface area contributed by atoms with Gasteiger partial charge in [-0.25, -0.2) is 4.79 Å². The van der Waals surface area contributed by atoms with E-state index in [2.05, 4.69) is 5.32 Å². The lowest BCUT2D eigenvalue weighted by Gasteiger charge is -2.27. The molecular formula is C11H17F3N2O3. The third-order valence-corrected chi connectivity index (χ3v) is 3.09. The van der Waals surface area contributed by atoms with Crippen molar-refractivity contribution in [2.24, 2.45) is 5.92 Å². The van der Waals surface area contributed by atoms with Crippen molar-refractivity contribution in [1.29, 1.82) is 0 Å². The lowest BCUT2D eigenvalue weighted by Crippen LogP contribution is -2.50. The van der Waals surface area contributed by atoms with E-state index in [0.29, 0.717) is 12.8 Å². The minimum Gasteiger partial charge on any atom is -0.481 e.